The van der Waals surface area contributed by atoms with E-state index < -0.39 is 11.7 Å². The van der Waals surface area contributed by atoms with E-state index in [4.69, 9.17) is 27.8 Å². The topological polar surface area (TPSA) is 149 Å². The van der Waals surface area contributed by atoms with Gasteiger partial charge in [-0.2, -0.15) is 13.2 Å². The number of piperidine rings is 1. The highest BCUT2D eigenvalue weighted by Gasteiger charge is 2.31. The number of rotatable bonds is 12. The van der Waals surface area contributed by atoms with Crippen molar-refractivity contribution in [2.75, 3.05) is 19.7 Å². The molecule has 0 saturated carbocycles. The quantitative estimate of drug-likeness (QED) is 0.110. The number of ether oxygens (including phenoxy) is 1. The molecule has 1 amide bonds. The van der Waals surface area contributed by atoms with Crippen molar-refractivity contribution in [1.82, 2.24) is 10.0 Å². The molecular weight excluding hydrogens is 475 g/mol. The summed E-state index contributed by atoms with van der Waals surface area (Å²) < 4.78 is 45.2. The van der Waals surface area contributed by atoms with Gasteiger partial charge in [0.2, 0.25) is 0 Å². The number of likely N-dealkylation sites (tertiary alicyclic amines) is 1. The van der Waals surface area contributed by atoms with Crippen LogP contribution < -0.4 is 27.8 Å². The fourth-order valence-electron chi connectivity index (χ4n) is 4.16. The van der Waals surface area contributed by atoms with Gasteiger partial charge >= 0.3 is 6.18 Å². The summed E-state index contributed by atoms with van der Waals surface area (Å²) in [6.45, 7) is 2.32. The summed E-state index contributed by atoms with van der Waals surface area (Å²) in [5.41, 5.74) is 16.6. The summed E-state index contributed by atoms with van der Waals surface area (Å²) in [6.07, 6.45) is 3.89. The third kappa shape index (κ3) is 9.84. The number of alkyl halides is 3. The van der Waals surface area contributed by atoms with E-state index >= 15 is 0 Å². The third-order valence-electron chi connectivity index (χ3n) is 6.12. The van der Waals surface area contributed by atoms with E-state index in [-0.39, 0.29) is 36.2 Å². The maximum atomic E-state index is 13.2. The van der Waals surface area contributed by atoms with E-state index in [1.54, 1.807) is 4.90 Å². The van der Waals surface area contributed by atoms with Gasteiger partial charge in [-0.3, -0.25) is 4.79 Å². The number of amides is 1. The van der Waals surface area contributed by atoms with Crippen LogP contribution in [-0.2, 0) is 17.5 Å². The second-order valence-electron chi connectivity index (χ2n) is 9.11. The van der Waals surface area contributed by atoms with Crippen LogP contribution in [0.5, 0.6) is 5.75 Å². The minimum Gasteiger partial charge on any atom is -0.483 e. The molecule has 0 aromatic heterocycles. The molecule has 1 fully saturated rings. The maximum Gasteiger partial charge on any atom is 0.416 e. The molecule has 8 N–H and O–H groups in total. The number of benzene rings is 1. The molecule has 0 aliphatic carbocycles. The van der Waals surface area contributed by atoms with Crippen molar-refractivity contribution in [3.8, 4) is 5.75 Å². The summed E-state index contributed by atoms with van der Waals surface area (Å²) in [7, 11) is 0. The average molecular weight is 514 g/mol. The zero-order chi connectivity index (χ0) is 26.7. The number of nitrogens with zero attached hydrogens (tertiary/aromatic N) is 3. The van der Waals surface area contributed by atoms with Crippen LogP contribution in [0.2, 0.25) is 0 Å². The lowest BCUT2D eigenvalue weighted by atomic mass is 9.91. The van der Waals surface area contributed by atoms with E-state index in [2.05, 4.69) is 5.10 Å². The molecule has 0 atom stereocenters. The Kier molecular flexibility index (Phi) is 11.2. The van der Waals surface area contributed by atoms with Gasteiger partial charge in [0.1, 0.15) is 11.6 Å². The second-order valence-corrected chi connectivity index (χ2v) is 9.11. The maximum absolute atomic E-state index is 13.2. The van der Waals surface area contributed by atoms with E-state index in [1.807, 2.05) is 0 Å². The molecule has 1 saturated heterocycles. The fraction of sp³-hybridized carbons (Fsp3) is 0.583. The highest BCUT2D eigenvalue weighted by Crippen LogP contribution is 2.33. The second kappa shape index (κ2) is 13.8. The molecule has 1 aliphatic heterocycles. The predicted octanol–water partition coefficient (Wildman–Crippen LogP) is 3.00. The summed E-state index contributed by atoms with van der Waals surface area (Å²) in [4.78, 5) is 14.4. The number of unbranched alkanes of at least 4 members (excludes halogenated alkanes) is 2. The van der Waals surface area contributed by atoms with Gasteiger partial charge in [-0.05, 0) is 56.7 Å². The number of allylic oxidation sites excluding steroid dienone is 1. The third-order valence-corrected chi connectivity index (χ3v) is 6.12. The van der Waals surface area contributed by atoms with E-state index in [0.29, 0.717) is 24.7 Å². The van der Waals surface area contributed by atoms with Crippen molar-refractivity contribution in [3.05, 3.63) is 41.2 Å². The normalized spacial score (nSPS) is 15.8. The molecule has 0 spiro atoms. The number of hydrazine groups is 1. The fourth-order valence-corrected chi connectivity index (χ4v) is 4.16. The number of hydrogen-bond acceptors (Lipinski definition) is 7. The minimum absolute atomic E-state index is 0.136. The van der Waals surface area contributed by atoms with Crippen LogP contribution in [0.3, 0.4) is 0 Å². The molecule has 1 aromatic carbocycles. The number of hydrogen-bond donors (Lipinski definition) is 4. The minimum atomic E-state index is -4.53. The number of nitrogens with two attached hydrogens (primary N) is 4. The Hall–Kier alpha value is -3.15. The Balaban J connectivity index is 1.87. The van der Waals surface area contributed by atoms with Gasteiger partial charge < -0.3 is 26.8 Å². The van der Waals surface area contributed by atoms with Crippen LogP contribution in [0.1, 0.15) is 63.0 Å². The first-order chi connectivity index (χ1) is 17.0. The molecule has 202 valence electrons. The molecule has 0 bridgehead atoms. The van der Waals surface area contributed by atoms with E-state index in [0.717, 1.165) is 62.2 Å². The standard InChI is InChI=1S/C24H38F3N7O2/c1-17(29)32-34(31)15-19-13-20(24(25,26)27)7-8-22(19)36-16-23(35)33-11-9-18(10-12-33)5-3-2-4-6-21(30)14-28/h7-8,13-14,18H,2-6,9-12,15-16,28,30-31H2,1H3,(H2,29,32)/b21-14-. The molecule has 1 aromatic rings. The Bertz CT molecular complexity index is 909. The van der Waals surface area contributed by atoms with Crippen LogP contribution in [0.15, 0.2) is 35.2 Å². The van der Waals surface area contributed by atoms with Crippen molar-refractivity contribution >= 4 is 11.7 Å². The highest BCUT2D eigenvalue weighted by molar-refractivity contribution is 5.78. The van der Waals surface area contributed by atoms with Crippen molar-refractivity contribution < 1.29 is 22.7 Å². The van der Waals surface area contributed by atoms with E-state index in [1.165, 1.54) is 19.2 Å². The average Bonchev–Trinajstić information content (AvgIpc) is 2.81. The first-order valence-electron chi connectivity index (χ1n) is 12.1. The molecule has 0 unspecified atom stereocenters. The lowest BCUT2D eigenvalue weighted by molar-refractivity contribution is -0.138. The van der Waals surface area contributed by atoms with Gasteiger partial charge in [0.05, 0.1) is 12.1 Å². The molecule has 0 radical (unpaired) electrons. The van der Waals surface area contributed by atoms with Crippen molar-refractivity contribution in [3.63, 3.8) is 0 Å². The predicted molar refractivity (Wildman–Crippen MR) is 133 cm³/mol. The zero-order valence-corrected chi connectivity index (χ0v) is 20.8. The van der Waals surface area contributed by atoms with Crippen LogP contribution in [0, 0.1) is 5.92 Å². The van der Waals surface area contributed by atoms with Gasteiger partial charge in [0.15, 0.2) is 6.61 Å². The van der Waals surface area contributed by atoms with Crippen LogP contribution in [0.4, 0.5) is 13.2 Å². The SMILES string of the molecule is C/C(N)=N/N(N)Cc1cc(C(F)(F)F)ccc1OCC(=O)N1CCC(CCCCC/C(N)=C/N)CC1. The van der Waals surface area contributed by atoms with Gasteiger partial charge in [0, 0.05) is 30.5 Å². The Morgan fingerprint density at radius 1 is 1.22 bits per heavy atom. The number of carbonyl (C=O) groups is 1. The number of halogens is 3. The molecule has 36 heavy (non-hydrogen) atoms. The zero-order valence-electron chi connectivity index (χ0n) is 20.8. The first-order valence-corrected chi connectivity index (χ1v) is 12.1. The largest absolute Gasteiger partial charge is 0.483 e. The Morgan fingerprint density at radius 2 is 1.92 bits per heavy atom. The van der Waals surface area contributed by atoms with E-state index in [9.17, 15) is 18.0 Å². The molecule has 2 rings (SSSR count). The number of carbonyl (C=O) groups excluding carboxylic acids is 1. The Morgan fingerprint density at radius 3 is 2.53 bits per heavy atom. The first kappa shape index (κ1) is 29.1. The summed E-state index contributed by atoms with van der Waals surface area (Å²) in [6, 6.07) is 3.04. The van der Waals surface area contributed by atoms with Gasteiger partial charge in [-0.1, -0.05) is 19.3 Å². The Labute approximate surface area is 210 Å². The van der Waals surface area contributed by atoms with Gasteiger partial charge in [0.25, 0.3) is 5.91 Å². The lowest BCUT2D eigenvalue weighted by Gasteiger charge is -2.32. The summed E-state index contributed by atoms with van der Waals surface area (Å²) >= 11 is 0. The molecule has 1 heterocycles. The molecular formula is C24H38F3N7O2. The summed E-state index contributed by atoms with van der Waals surface area (Å²) in [5.74, 6) is 6.39. The number of amidine groups is 1. The van der Waals surface area contributed by atoms with Crippen LogP contribution in [0.25, 0.3) is 0 Å². The van der Waals surface area contributed by atoms with Crippen molar-refractivity contribution in [2.24, 2.45) is 34.1 Å². The smallest absolute Gasteiger partial charge is 0.416 e. The highest BCUT2D eigenvalue weighted by atomic mass is 19.4. The van der Waals surface area contributed by atoms with Gasteiger partial charge in [-0.15, -0.1) is 5.10 Å². The van der Waals surface area contributed by atoms with Crippen LogP contribution >= 0.6 is 0 Å². The number of hydrazone groups is 1. The van der Waals surface area contributed by atoms with Crippen molar-refractivity contribution in [1.29, 1.82) is 0 Å². The summed E-state index contributed by atoms with van der Waals surface area (Å²) in [5, 5.41) is 4.73. The van der Waals surface area contributed by atoms with Crippen molar-refractivity contribution in [2.45, 2.75) is 64.6 Å². The van der Waals surface area contributed by atoms with Gasteiger partial charge in [-0.25, -0.2) is 11.0 Å². The lowest BCUT2D eigenvalue weighted by Crippen LogP contribution is -2.41. The monoisotopic (exact) mass is 513 g/mol. The van der Waals surface area contributed by atoms with Crippen LogP contribution in [-0.4, -0.2) is 41.5 Å². The molecule has 12 heteroatoms. The molecule has 1 aliphatic rings. The molecule has 9 nitrogen and oxygen atoms in total.